The molecule has 0 spiro atoms. The van der Waals surface area contributed by atoms with Crippen LogP contribution in [0.25, 0.3) is 0 Å². The Morgan fingerprint density at radius 3 is 2.57 bits per heavy atom. The lowest BCUT2D eigenvalue weighted by Gasteiger charge is -2.46. The third-order valence-electron chi connectivity index (χ3n) is 6.79. The first kappa shape index (κ1) is 23.4. The van der Waals surface area contributed by atoms with Crippen molar-refractivity contribution in [3.05, 3.63) is 85.7 Å². The Hall–Kier alpha value is -3.33. The predicted octanol–water partition coefficient (Wildman–Crippen LogP) is 4.82. The summed E-state index contributed by atoms with van der Waals surface area (Å²) in [5, 5.41) is 6.40. The van der Waals surface area contributed by atoms with Gasteiger partial charge in [0, 0.05) is 23.7 Å². The van der Waals surface area contributed by atoms with E-state index in [4.69, 9.17) is 9.47 Å². The van der Waals surface area contributed by atoms with Gasteiger partial charge in [0.2, 0.25) is 0 Å². The van der Waals surface area contributed by atoms with E-state index in [2.05, 4.69) is 10.6 Å². The number of halogens is 3. The largest absolute Gasteiger partial charge is 0.488 e. The van der Waals surface area contributed by atoms with Gasteiger partial charge in [-0.1, -0.05) is 30.3 Å². The number of anilines is 2. The second-order valence-corrected chi connectivity index (χ2v) is 8.93. The summed E-state index contributed by atoms with van der Waals surface area (Å²) < 4.78 is 52.1. The Kier molecular flexibility index (Phi) is 6.04. The molecule has 184 valence electrons. The lowest BCUT2D eigenvalue weighted by molar-refractivity contribution is -0.138. The van der Waals surface area contributed by atoms with Crippen molar-refractivity contribution in [1.82, 2.24) is 0 Å². The summed E-state index contributed by atoms with van der Waals surface area (Å²) in [6, 6.07) is 13.4. The smallest absolute Gasteiger partial charge is 0.416 e. The van der Waals surface area contributed by atoms with Gasteiger partial charge in [0.25, 0.3) is 10.9 Å². The van der Waals surface area contributed by atoms with Gasteiger partial charge in [-0.3, -0.25) is 9.59 Å². The second kappa shape index (κ2) is 9.03. The normalized spacial score (nSPS) is 23.8. The summed E-state index contributed by atoms with van der Waals surface area (Å²) in [6.45, 7) is 2.22. The Balaban J connectivity index is 1.42. The van der Waals surface area contributed by atoms with Crippen LogP contribution in [0.1, 0.15) is 48.6 Å². The summed E-state index contributed by atoms with van der Waals surface area (Å²) in [6.07, 6.45) is -4.02. The van der Waals surface area contributed by atoms with Crippen LogP contribution in [0.3, 0.4) is 0 Å². The van der Waals surface area contributed by atoms with Crippen molar-refractivity contribution in [2.75, 3.05) is 23.8 Å². The Labute approximate surface area is 199 Å². The Bertz CT molecular complexity index is 1280. The molecule has 0 aliphatic carbocycles. The minimum atomic E-state index is -4.46. The molecule has 3 aromatic rings. The topological polar surface area (TPSA) is 76.7 Å². The molecular weight excluding hydrogens is 461 g/mol. The first-order valence-corrected chi connectivity index (χ1v) is 11.7. The molecule has 6 nitrogen and oxygen atoms in total. The van der Waals surface area contributed by atoms with E-state index in [-0.39, 0.29) is 42.7 Å². The maximum absolute atomic E-state index is 13.5. The second-order valence-electron chi connectivity index (χ2n) is 8.93. The van der Waals surface area contributed by atoms with E-state index in [1.165, 1.54) is 12.1 Å². The molecule has 0 unspecified atom stereocenters. The summed E-state index contributed by atoms with van der Waals surface area (Å²) in [5.74, 6) is -0.0490. The number of alkyl halides is 3. The molecule has 0 amide bonds. The average Bonchev–Trinajstić information content (AvgIpc) is 2.87. The standard InChI is InChI=1S/C26H25F3N2O4/c1-2-34-25-21(22(32)23(25)33)30-13-16-9-10-17-20(14-6-4-3-5-7-14)31-19-11-8-15(26(27,28)29)12-18(19)24(17)35-16/h3-8,11-12,16-17,20,24,30-31H,2,9-10,13H2,1H3/t16-,17+,20+,24+/m1/s1. The third-order valence-corrected chi connectivity index (χ3v) is 6.79. The lowest BCUT2D eigenvalue weighted by atomic mass is 9.76. The Morgan fingerprint density at radius 1 is 1.09 bits per heavy atom. The van der Waals surface area contributed by atoms with Crippen LogP contribution in [0.2, 0.25) is 0 Å². The monoisotopic (exact) mass is 486 g/mol. The quantitative estimate of drug-likeness (QED) is 0.487. The zero-order valence-electron chi connectivity index (χ0n) is 19.0. The number of hydrogen-bond donors (Lipinski definition) is 2. The SMILES string of the molecule is CCOc1c(NC[C@H]2CC[C@@H]3[C@H](O2)c2cc(C(F)(F)F)ccc2N[C@H]3c2ccccc2)c(=O)c1=O. The first-order valence-electron chi connectivity index (χ1n) is 11.7. The molecule has 2 heterocycles. The molecule has 2 N–H and O–H groups in total. The highest BCUT2D eigenvalue weighted by molar-refractivity contribution is 5.62. The van der Waals surface area contributed by atoms with Crippen LogP contribution in [0.4, 0.5) is 24.5 Å². The van der Waals surface area contributed by atoms with Gasteiger partial charge in [0.05, 0.1) is 30.4 Å². The third kappa shape index (κ3) is 4.29. The molecular formula is C26H25F3N2O4. The van der Waals surface area contributed by atoms with Crippen molar-refractivity contribution < 1.29 is 22.6 Å². The molecule has 0 saturated carbocycles. The molecule has 35 heavy (non-hydrogen) atoms. The summed E-state index contributed by atoms with van der Waals surface area (Å²) >= 11 is 0. The van der Waals surface area contributed by atoms with Crippen LogP contribution >= 0.6 is 0 Å². The molecule has 0 radical (unpaired) electrons. The average molecular weight is 486 g/mol. The van der Waals surface area contributed by atoms with Crippen LogP contribution in [-0.2, 0) is 10.9 Å². The fourth-order valence-electron chi connectivity index (χ4n) is 5.10. The van der Waals surface area contributed by atoms with Crippen LogP contribution in [0, 0.1) is 5.92 Å². The van der Waals surface area contributed by atoms with Crippen molar-refractivity contribution >= 4 is 11.4 Å². The van der Waals surface area contributed by atoms with Crippen LogP contribution in [0.15, 0.2) is 58.1 Å². The van der Waals surface area contributed by atoms with Crippen LogP contribution in [-0.4, -0.2) is 19.3 Å². The van der Waals surface area contributed by atoms with Gasteiger partial charge in [-0.15, -0.1) is 0 Å². The van der Waals surface area contributed by atoms with E-state index < -0.39 is 28.7 Å². The van der Waals surface area contributed by atoms with Gasteiger partial charge < -0.3 is 20.1 Å². The molecule has 2 aliphatic heterocycles. The lowest BCUT2D eigenvalue weighted by Crippen LogP contribution is -2.42. The Morgan fingerprint density at radius 2 is 1.86 bits per heavy atom. The van der Waals surface area contributed by atoms with E-state index >= 15 is 0 Å². The zero-order valence-corrected chi connectivity index (χ0v) is 19.0. The van der Waals surface area contributed by atoms with E-state index in [1.807, 2.05) is 30.3 Å². The highest BCUT2D eigenvalue weighted by atomic mass is 19.4. The van der Waals surface area contributed by atoms with Gasteiger partial charge in [0.1, 0.15) is 5.69 Å². The minimum Gasteiger partial charge on any atom is -0.488 e. The highest BCUT2D eigenvalue weighted by Gasteiger charge is 2.43. The molecule has 9 heteroatoms. The maximum atomic E-state index is 13.5. The van der Waals surface area contributed by atoms with E-state index in [0.29, 0.717) is 24.1 Å². The summed E-state index contributed by atoms with van der Waals surface area (Å²) in [5.41, 5.74) is 0.260. The van der Waals surface area contributed by atoms with Crippen molar-refractivity contribution in [2.45, 2.75) is 44.2 Å². The number of rotatable bonds is 6. The molecule has 0 aromatic heterocycles. The van der Waals surface area contributed by atoms with Gasteiger partial charge in [-0.25, -0.2) is 0 Å². The number of fused-ring (bicyclic) bond motifs is 3. The molecule has 1 saturated heterocycles. The van der Waals surface area contributed by atoms with Gasteiger partial charge in [-0.2, -0.15) is 13.2 Å². The number of hydrogen-bond acceptors (Lipinski definition) is 6. The van der Waals surface area contributed by atoms with Crippen LogP contribution < -0.4 is 26.2 Å². The van der Waals surface area contributed by atoms with Crippen molar-refractivity contribution in [2.24, 2.45) is 5.92 Å². The van der Waals surface area contributed by atoms with E-state index in [0.717, 1.165) is 11.6 Å². The fraction of sp³-hybridized carbons (Fsp3) is 0.385. The molecule has 5 rings (SSSR count). The zero-order chi connectivity index (χ0) is 24.7. The molecule has 0 bridgehead atoms. The number of benzene rings is 2. The first-order chi connectivity index (χ1) is 16.8. The number of nitrogens with one attached hydrogen (secondary N) is 2. The van der Waals surface area contributed by atoms with Crippen molar-refractivity contribution in [1.29, 1.82) is 0 Å². The summed E-state index contributed by atoms with van der Waals surface area (Å²) in [7, 11) is 0. The minimum absolute atomic E-state index is 0.0253. The van der Waals surface area contributed by atoms with Crippen molar-refractivity contribution in [3.63, 3.8) is 0 Å². The molecule has 2 aliphatic rings. The fourth-order valence-corrected chi connectivity index (χ4v) is 5.10. The molecule has 1 fully saturated rings. The van der Waals surface area contributed by atoms with E-state index in [1.54, 1.807) is 6.92 Å². The number of ether oxygens (including phenoxy) is 2. The predicted molar refractivity (Wildman–Crippen MR) is 126 cm³/mol. The van der Waals surface area contributed by atoms with Crippen molar-refractivity contribution in [3.8, 4) is 5.75 Å². The molecule has 4 atom stereocenters. The van der Waals surface area contributed by atoms with E-state index in [9.17, 15) is 22.8 Å². The van der Waals surface area contributed by atoms with Gasteiger partial charge >= 0.3 is 6.18 Å². The highest BCUT2D eigenvalue weighted by Crippen LogP contribution is 2.51. The summed E-state index contributed by atoms with van der Waals surface area (Å²) in [4.78, 5) is 23.7. The van der Waals surface area contributed by atoms with Gasteiger partial charge in [0.15, 0.2) is 5.75 Å². The van der Waals surface area contributed by atoms with Crippen LogP contribution in [0.5, 0.6) is 5.75 Å². The maximum Gasteiger partial charge on any atom is 0.416 e. The van der Waals surface area contributed by atoms with Gasteiger partial charge in [-0.05, 0) is 43.5 Å². The molecule has 3 aromatic carbocycles.